The summed E-state index contributed by atoms with van der Waals surface area (Å²) in [5.74, 6) is 0.776. The van der Waals surface area contributed by atoms with Crippen molar-refractivity contribution in [2.45, 2.75) is 51.7 Å². The van der Waals surface area contributed by atoms with E-state index in [1.54, 1.807) is 6.92 Å². The molecule has 0 saturated carbocycles. The first-order valence-electron chi connectivity index (χ1n) is 6.26. The molecule has 0 aromatic carbocycles. The smallest absolute Gasteiger partial charge is 0.220 e. The third kappa shape index (κ3) is 5.47. The maximum absolute atomic E-state index is 11.6. The van der Waals surface area contributed by atoms with Crippen LogP contribution in [0.1, 0.15) is 39.5 Å². The molecule has 3 atom stereocenters. The topological polar surface area (TPSA) is 61.4 Å². The Morgan fingerprint density at radius 1 is 1.56 bits per heavy atom. The molecule has 3 unspecified atom stereocenters. The lowest BCUT2D eigenvalue weighted by atomic mass is 10.0. The van der Waals surface area contributed by atoms with Crippen LogP contribution >= 0.6 is 0 Å². The number of hydrogen-bond donors (Lipinski definition) is 3. The van der Waals surface area contributed by atoms with Crippen molar-refractivity contribution in [1.82, 2.24) is 10.6 Å². The molecule has 1 fully saturated rings. The van der Waals surface area contributed by atoms with E-state index >= 15 is 0 Å². The lowest BCUT2D eigenvalue weighted by Crippen LogP contribution is -2.34. The van der Waals surface area contributed by atoms with Crippen LogP contribution in [0.25, 0.3) is 0 Å². The lowest BCUT2D eigenvalue weighted by Gasteiger charge is -2.16. The van der Waals surface area contributed by atoms with Crippen molar-refractivity contribution < 1.29 is 9.90 Å². The quantitative estimate of drug-likeness (QED) is 0.625. The summed E-state index contributed by atoms with van der Waals surface area (Å²) >= 11 is 0. The molecule has 94 valence electrons. The standard InChI is InChI=1S/C12H24N2O2/c1-9(7-10(2)15)14-12(16)4-3-11-5-6-13-8-11/h9-11,13,15H,3-8H2,1-2H3,(H,14,16). The van der Waals surface area contributed by atoms with Gasteiger partial charge < -0.3 is 15.7 Å². The van der Waals surface area contributed by atoms with Crippen LogP contribution in [-0.4, -0.2) is 36.2 Å². The highest BCUT2D eigenvalue weighted by Crippen LogP contribution is 2.14. The predicted octanol–water partition coefficient (Wildman–Crippen LogP) is 0.652. The molecule has 1 heterocycles. The summed E-state index contributed by atoms with van der Waals surface area (Å²) in [5, 5.41) is 15.4. The number of nitrogens with one attached hydrogen (secondary N) is 2. The van der Waals surface area contributed by atoms with Gasteiger partial charge >= 0.3 is 0 Å². The molecule has 1 aliphatic rings. The second kappa shape index (κ2) is 6.86. The summed E-state index contributed by atoms with van der Waals surface area (Å²) in [6, 6.07) is 0.0641. The molecule has 0 spiro atoms. The fourth-order valence-electron chi connectivity index (χ4n) is 2.21. The van der Waals surface area contributed by atoms with Crippen molar-refractivity contribution >= 4 is 5.91 Å². The molecule has 0 aliphatic carbocycles. The molecule has 1 saturated heterocycles. The van der Waals surface area contributed by atoms with Crippen LogP contribution in [0.4, 0.5) is 0 Å². The third-order valence-corrected chi connectivity index (χ3v) is 3.04. The van der Waals surface area contributed by atoms with Gasteiger partial charge in [0.25, 0.3) is 0 Å². The predicted molar refractivity (Wildman–Crippen MR) is 64.1 cm³/mol. The van der Waals surface area contributed by atoms with E-state index in [9.17, 15) is 9.90 Å². The van der Waals surface area contributed by atoms with Gasteiger partial charge in [-0.3, -0.25) is 4.79 Å². The van der Waals surface area contributed by atoms with E-state index < -0.39 is 0 Å². The van der Waals surface area contributed by atoms with E-state index in [4.69, 9.17) is 0 Å². The van der Waals surface area contributed by atoms with Gasteiger partial charge in [-0.15, -0.1) is 0 Å². The lowest BCUT2D eigenvalue weighted by molar-refractivity contribution is -0.122. The van der Waals surface area contributed by atoms with Gasteiger partial charge in [-0.05, 0) is 52.1 Å². The first-order chi connectivity index (χ1) is 7.58. The van der Waals surface area contributed by atoms with Crippen LogP contribution in [0.3, 0.4) is 0 Å². The van der Waals surface area contributed by atoms with Crippen LogP contribution in [0.15, 0.2) is 0 Å². The Morgan fingerprint density at radius 2 is 2.31 bits per heavy atom. The van der Waals surface area contributed by atoms with Crippen LogP contribution in [0.5, 0.6) is 0 Å². The zero-order valence-corrected chi connectivity index (χ0v) is 10.3. The highest BCUT2D eigenvalue weighted by atomic mass is 16.3. The molecular formula is C12H24N2O2. The minimum absolute atomic E-state index is 0.0641. The maximum Gasteiger partial charge on any atom is 0.220 e. The van der Waals surface area contributed by atoms with Crippen molar-refractivity contribution in [2.75, 3.05) is 13.1 Å². The zero-order valence-electron chi connectivity index (χ0n) is 10.3. The molecule has 4 nitrogen and oxygen atoms in total. The van der Waals surface area contributed by atoms with Crippen molar-refractivity contribution in [1.29, 1.82) is 0 Å². The fraction of sp³-hybridized carbons (Fsp3) is 0.917. The molecule has 0 radical (unpaired) electrons. The van der Waals surface area contributed by atoms with Gasteiger partial charge in [0, 0.05) is 12.5 Å². The molecule has 4 heteroatoms. The second-order valence-electron chi connectivity index (χ2n) is 4.95. The van der Waals surface area contributed by atoms with Crippen LogP contribution in [0, 0.1) is 5.92 Å². The Bertz CT molecular complexity index is 213. The largest absolute Gasteiger partial charge is 0.393 e. The number of carbonyl (C=O) groups excluding carboxylic acids is 1. The SMILES string of the molecule is CC(O)CC(C)NC(=O)CCC1CCNC1. The summed E-state index contributed by atoms with van der Waals surface area (Å²) in [5.41, 5.74) is 0. The highest BCUT2D eigenvalue weighted by Gasteiger charge is 2.16. The van der Waals surface area contributed by atoms with E-state index in [1.807, 2.05) is 6.92 Å². The monoisotopic (exact) mass is 228 g/mol. The zero-order chi connectivity index (χ0) is 12.0. The van der Waals surface area contributed by atoms with E-state index in [-0.39, 0.29) is 18.1 Å². The first kappa shape index (κ1) is 13.5. The Labute approximate surface area is 97.8 Å². The molecule has 1 amide bonds. The second-order valence-corrected chi connectivity index (χ2v) is 4.95. The van der Waals surface area contributed by atoms with Crippen LogP contribution in [0.2, 0.25) is 0 Å². The summed E-state index contributed by atoms with van der Waals surface area (Å²) in [4.78, 5) is 11.6. The summed E-state index contributed by atoms with van der Waals surface area (Å²) in [7, 11) is 0. The molecule has 1 aliphatic heterocycles. The van der Waals surface area contributed by atoms with E-state index in [0.717, 1.165) is 19.5 Å². The minimum atomic E-state index is -0.352. The molecule has 0 bridgehead atoms. The molecule has 0 aromatic heterocycles. The third-order valence-electron chi connectivity index (χ3n) is 3.04. The summed E-state index contributed by atoms with van der Waals surface area (Å²) < 4.78 is 0. The first-order valence-corrected chi connectivity index (χ1v) is 6.26. The van der Waals surface area contributed by atoms with E-state index in [2.05, 4.69) is 10.6 Å². The van der Waals surface area contributed by atoms with Crippen molar-refractivity contribution in [2.24, 2.45) is 5.92 Å². The number of hydrogen-bond acceptors (Lipinski definition) is 3. The Hall–Kier alpha value is -0.610. The summed E-state index contributed by atoms with van der Waals surface area (Å²) in [6.45, 7) is 5.82. The van der Waals surface area contributed by atoms with Gasteiger partial charge in [-0.25, -0.2) is 0 Å². The summed E-state index contributed by atoms with van der Waals surface area (Å²) in [6.07, 6.45) is 3.04. The average Bonchev–Trinajstić information content (AvgIpc) is 2.65. The number of carbonyl (C=O) groups is 1. The molecule has 1 rings (SSSR count). The van der Waals surface area contributed by atoms with Gasteiger partial charge in [0.05, 0.1) is 6.10 Å². The Balaban J connectivity index is 2.09. The average molecular weight is 228 g/mol. The maximum atomic E-state index is 11.6. The molecule has 16 heavy (non-hydrogen) atoms. The highest BCUT2D eigenvalue weighted by molar-refractivity contribution is 5.76. The van der Waals surface area contributed by atoms with E-state index in [1.165, 1.54) is 6.42 Å². The fourth-order valence-corrected chi connectivity index (χ4v) is 2.21. The molecule has 3 N–H and O–H groups in total. The van der Waals surface area contributed by atoms with Gasteiger partial charge in [0.2, 0.25) is 5.91 Å². The molecular weight excluding hydrogens is 204 g/mol. The van der Waals surface area contributed by atoms with Crippen LogP contribution in [-0.2, 0) is 4.79 Å². The number of aliphatic hydroxyl groups is 1. The Kier molecular flexibility index (Phi) is 5.77. The van der Waals surface area contributed by atoms with Crippen molar-refractivity contribution in [3.8, 4) is 0 Å². The van der Waals surface area contributed by atoms with Crippen molar-refractivity contribution in [3.63, 3.8) is 0 Å². The van der Waals surface area contributed by atoms with Gasteiger partial charge in [0.15, 0.2) is 0 Å². The van der Waals surface area contributed by atoms with E-state index in [0.29, 0.717) is 18.8 Å². The van der Waals surface area contributed by atoms with Gasteiger partial charge in [-0.1, -0.05) is 0 Å². The van der Waals surface area contributed by atoms with Gasteiger partial charge in [0.1, 0.15) is 0 Å². The molecule has 0 aromatic rings. The number of aliphatic hydroxyl groups excluding tert-OH is 1. The number of rotatable bonds is 6. The van der Waals surface area contributed by atoms with Crippen LogP contribution < -0.4 is 10.6 Å². The van der Waals surface area contributed by atoms with Crippen molar-refractivity contribution in [3.05, 3.63) is 0 Å². The Morgan fingerprint density at radius 3 is 2.88 bits per heavy atom. The van der Waals surface area contributed by atoms with Gasteiger partial charge in [-0.2, -0.15) is 0 Å². The number of amides is 1. The normalized spacial score (nSPS) is 24.1. The minimum Gasteiger partial charge on any atom is -0.393 e.